The summed E-state index contributed by atoms with van der Waals surface area (Å²) in [5.74, 6) is 0. The van der Waals surface area contributed by atoms with Crippen molar-refractivity contribution in [3.8, 4) is 22.3 Å². The molecule has 11 aromatic carbocycles. The Hall–Kier alpha value is -9.38. The third-order valence-electron chi connectivity index (χ3n) is 15.5. The first-order chi connectivity index (χ1) is 44.2. The lowest BCUT2D eigenvalue weighted by molar-refractivity contribution is 0.594. The Kier molecular flexibility index (Phi) is 7.20. The Bertz CT molecular complexity index is 5640. The van der Waals surface area contributed by atoms with Crippen LogP contribution in [-0.4, -0.2) is 8.80 Å². The van der Waals surface area contributed by atoms with Crippen LogP contribution in [0.5, 0.6) is 0 Å². The van der Waals surface area contributed by atoms with Crippen molar-refractivity contribution in [1.82, 2.24) is 8.80 Å². The largest absolute Gasteiger partial charge is 0.310 e. The van der Waals surface area contributed by atoms with Crippen molar-refractivity contribution < 1.29 is 20.6 Å². The fourth-order valence-electron chi connectivity index (χ4n) is 12.1. The van der Waals surface area contributed by atoms with E-state index in [1.165, 1.54) is 6.07 Å². The third kappa shape index (κ3) is 6.85. The van der Waals surface area contributed by atoms with E-state index in [1.807, 2.05) is 139 Å². The molecule has 4 heterocycles. The van der Waals surface area contributed by atoms with E-state index in [0.29, 0.717) is 77.6 Å². The molecule has 0 saturated heterocycles. The predicted molar refractivity (Wildman–Crippen MR) is 333 cm³/mol. The topological polar surface area (TPSA) is 15.3 Å². The summed E-state index contributed by atoms with van der Waals surface area (Å²) in [6.45, 7) is 12.1. The lowest BCUT2D eigenvalue weighted by Crippen LogP contribution is -2.12. The highest BCUT2D eigenvalue weighted by atomic mass is 15.2. The monoisotopic (exact) mass is 1020 g/mol. The molecule has 0 aliphatic heterocycles. The van der Waals surface area contributed by atoms with Crippen molar-refractivity contribution >= 4 is 110 Å². The summed E-state index contributed by atoms with van der Waals surface area (Å²) in [6, 6.07) is 44.5. The lowest BCUT2D eigenvalue weighted by Gasteiger charge is -2.27. The molecule has 0 saturated carbocycles. The minimum atomic E-state index is -0.718. The van der Waals surface area contributed by atoms with Gasteiger partial charge in [0.05, 0.1) is 65.0 Å². The highest BCUT2D eigenvalue weighted by Gasteiger charge is 2.31. The van der Waals surface area contributed by atoms with E-state index >= 15 is 0 Å². The zero-order chi connectivity index (χ0) is 65.7. The molecular formula is C74H58N4. The van der Waals surface area contributed by atoms with E-state index in [1.54, 1.807) is 24.3 Å². The van der Waals surface area contributed by atoms with E-state index in [9.17, 15) is 8.22 Å². The average Bonchev–Trinajstić information content (AvgIpc) is 1.51. The normalized spacial score (nSPS) is 15.2. The minimum Gasteiger partial charge on any atom is -0.310 e. The van der Waals surface area contributed by atoms with E-state index < -0.39 is 29.0 Å². The SMILES string of the molecule is [2H]c1cc([2H])c([2H])c(-c2ccc(N(c3ccccc3)c3ccc4c5cc6c(cc5n5c7c(C(C)(C)C)c([2H])c([2H])c([2H])c7c3c45)c3ccc(N(c4ccccc4)c4ccc(-c5c([2H])c([2H])c([2H])c([2H])c5[2H])cc4)c4c5c([2H])c([2H])c([2H])c(C(C)(C)C)c5n6c34)cc2)c1[2H]. The van der Waals surface area contributed by atoms with Crippen LogP contribution in [0.25, 0.3) is 98.4 Å². The van der Waals surface area contributed by atoms with Crippen molar-refractivity contribution in [2.24, 2.45) is 0 Å². The third-order valence-corrected chi connectivity index (χ3v) is 15.5. The van der Waals surface area contributed by atoms with Crippen molar-refractivity contribution in [3.05, 3.63) is 253 Å². The van der Waals surface area contributed by atoms with Crippen LogP contribution in [-0.2, 0) is 10.8 Å². The molecule has 0 unspecified atom stereocenters. The van der Waals surface area contributed by atoms with Gasteiger partial charge in [0, 0.05) is 65.8 Å². The van der Waals surface area contributed by atoms with Crippen LogP contribution in [0.1, 0.15) is 73.2 Å². The molecule has 0 aliphatic rings. The van der Waals surface area contributed by atoms with E-state index in [2.05, 4.69) is 42.9 Å². The zero-order valence-electron chi connectivity index (χ0n) is 58.7. The molecule has 4 aromatic heterocycles. The quantitative estimate of drug-likeness (QED) is 0.151. The average molecular weight is 1020 g/mol. The standard InChI is InChI=1S/C74H58N4/c1-73(2,3)61-31-19-29-57-67-63(75(51-25-15-9-16-26-51)53-37-33-49(34-38-53)47-21-11-7-12-22-47)43-41-55-59-46-66-60(45-65(59)77(69(57)61)71(55)67)56-42-44-64(68-58-30-20-32-62(74(4,5)6)70(58)78(66)72(56)68)76(52-27-17-10-18-28-52)54-39-35-50(36-40-54)48-23-13-8-14-24-48/h7-46H,1-6H3/i7D,11D,12D,13D,14D,19D,20D,21D,22D,23D,24D,29D,30D,31D,32D. The molecule has 0 bridgehead atoms. The number of hydrogen-bond acceptors (Lipinski definition) is 2. The van der Waals surface area contributed by atoms with Crippen LogP contribution in [0, 0.1) is 0 Å². The van der Waals surface area contributed by atoms with Crippen LogP contribution >= 0.6 is 0 Å². The maximum Gasteiger partial charge on any atom is 0.0641 e. The van der Waals surface area contributed by atoms with Gasteiger partial charge in [-0.2, -0.15) is 0 Å². The molecule has 0 fully saturated rings. The Balaban J connectivity index is 1.05. The number of hydrogen-bond donors (Lipinski definition) is 0. The summed E-state index contributed by atoms with van der Waals surface area (Å²) < 4.78 is 140. The number of fused-ring (bicyclic) bond motifs is 12. The molecule has 4 nitrogen and oxygen atoms in total. The predicted octanol–water partition coefficient (Wildman–Crippen LogP) is 20.9. The van der Waals surface area contributed by atoms with Crippen molar-refractivity contribution in [1.29, 1.82) is 0 Å². The maximum absolute atomic E-state index is 9.99. The van der Waals surface area contributed by atoms with Crippen molar-refractivity contribution in [2.45, 2.75) is 52.4 Å². The maximum atomic E-state index is 9.99. The van der Waals surface area contributed by atoms with Gasteiger partial charge >= 0.3 is 0 Å². The van der Waals surface area contributed by atoms with Gasteiger partial charge in [0.2, 0.25) is 0 Å². The molecule has 0 atom stereocenters. The summed E-state index contributed by atoms with van der Waals surface area (Å²) in [6.07, 6.45) is 0. The van der Waals surface area contributed by atoms with Gasteiger partial charge in [0.15, 0.2) is 0 Å². The van der Waals surface area contributed by atoms with Gasteiger partial charge < -0.3 is 18.6 Å². The molecular weight excluding hydrogens is 945 g/mol. The number of para-hydroxylation sites is 4. The Morgan fingerprint density at radius 3 is 1.13 bits per heavy atom. The minimum absolute atomic E-state index is 0.0466. The number of nitrogens with zero attached hydrogens (tertiary/aromatic N) is 4. The van der Waals surface area contributed by atoms with Crippen molar-refractivity contribution in [3.63, 3.8) is 0 Å². The van der Waals surface area contributed by atoms with Gasteiger partial charge in [-0.05, 0) is 117 Å². The van der Waals surface area contributed by atoms with E-state index in [0.717, 1.165) is 55.0 Å². The highest BCUT2D eigenvalue weighted by Crippen LogP contribution is 2.53. The lowest BCUT2D eigenvalue weighted by atomic mass is 9.85. The van der Waals surface area contributed by atoms with Gasteiger partial charge in [-0.3, -0.25) is 0 Å². The zero-order valence-corrected chi connectivity index (χ0v) is 43.7. The van der Waals surface area contributed by atoms with Gasteiger partial charge in [-0.25, -0.2) is 0 Å². The van der Waals surface area contributed by atoms with Crippen LogP contribution in [0.4, 0.5) is 34.1 Å². The second-order valence-electron chi connectivity index (χ2n) is 22.2. The molecule has 374 valence electrons. The van der Waals surface area contributed by atoms with Gasteiger partial charge in [0.25, 0.3) is 0 Å². The fraction of sp³-hybridized carbons (Fsp3) is 0.108. The number of benzene rings is 11. The van der Waals surface area contributed by atoms with Crippen LogP contribution < -0.4 is 9.80 Å². The molecule has 0 radical (unpaired) electrons. The highest BCUT2D eigenvalue weighted by molar-refractivity contribution is 6.32. The summed E-state index contributed by atoms with van der Waals surface area (Å²) in [5.41, 5.74) is 9.49. The first-order valence-corrected chi connectivity index (χ1v) is 26.2. The summed E-state index contributed by atoms with van der Waals surface area (Å²) in [7, 11) is 0. The second-order valence-corrected chi connectivity index (χ2v) is 22.2. The first-order valence-electron chi connectivity index (χ1n) is 33.7. The Morgan fingerprint density at radius 1 is 0.321 bits per heavy atom. The van der Waals surface area contributed by atoms with Gasteiger partial charge in [-0.15, -0.1) is 0 Å². The molecule has 0 spiro atoms. The van der Waals surface area contributed by atoms with E-state index in [-0.39, 0.29) is 83.6 Å². The summed E-state index contributed by atoms with van der Waals surface area (Å²) in [4.78, 5) is 4.15. The van der Waals surface area contributed by atoms with E-state index in [4.69, 9.17) is 12.3 Å². The van der Waals surface area contributed by atoms with Crippen LogP contribution in [0.3, 0.4) is 0 Å². The smallest absolute Gasteiger partial charge is 0.0641 e. The summed E-state index contributed by atoms with van der Waals surface area (Å²) in [5, 5.41) is 5.66. The second kappa shape index (κ2) is 17.1. The van der Waals surface area contributed by atoms with Gasteiger partial charge in [-0.1, -0.05) is 211 Å². The Morgan fingerprint density at radius 2 is 0.718 bits per heavy atom. The molecule has 0 N–H and O–H groups in total. The molecule has 0 aliphatic carbocycles. The summed E-state index contributed by atoms with van der Waals surface area (Å²) >= 11 is 0. The van der Waals surface area contributed by atoms with Crippen LogP contribution in [0.2, 0.25) is 0 Å². The number of rotatable bonds is 8. The molecule has 4 heteroatoms. The molecule has 15 rings (SSSR count). The Labute approximate surface area is 476 Å². The number of anilines is 6. The first kappa shape index (κ1) is 32.9. The molecule has 78 heavy (non-hydrogen) atoms. The molecule has 0 amide bonds. The molecule has 15 aromatic rings. The van der Waals surface area contributed by atoms with Crippen LogP contribution in [0.15, 0.2) is 242 Å². The van der Waals surface area contributed by atoms with Gasteiger partial charge in [0.1, 0.15) is 0 Å². The fourth-order valence-corrected chi connectivity index (χ4v) is 12.1. The van der Waals surface area contributed by atoms with Crippen molar-refractivity contribution in [2.75, 3.05) is 9.80 Å². The number of aromatic nitrogens is 2.